The van der Waals surface area contributed by atoms with Gasteiger partial charge in [0.15, 0.2) is 5.17 Å². The number of benzene rings is 1. The Balaban J connectivity index is 1.90. The molecule has 1 aromatic heterocycles. The number of hydrogen-bond donors (Lipinski definition) is 1. The van der Waals surface area contributed by atoms with Crippen molar-refractivity contribution >= 4 is 16.9 Å². The average Bonchev–Trinajstić information content (AvgIpc) is 3.16. The van der Waals surface area contributed by atoms with Crippen LogP contribution in [0.4, 0.5) is 0 Å². The molecule has 1 saturated heterocycles. The molecule has 3 atom stereocenters. The fourth-order valence-corrected chi connectivity index (χ4v) is 5.54. The molecule has 0 aliphatic carbocycles. The predicted molar refractivity (Wildman–Crippen MR) is 126 cm³/mol. The number of rotatable bonds is 2. The van der Waals surface area contributed by atoms with Crippen molar-refractivity contribution in [2.45, 2.75) is 76.6 Å². The molecule has 1 aromatic carbocycles. The van der Waals surface area contributed by atoms with Crippen molar-refractivity contribution < 1.29 is 5.11 Å². The molecule has 4 rings (SSSR count). The number of pyridine rings is 1. The lowest BCUT2D eigenvalue weighted by Gasteiger charge is -2.32. The molecular weight excluding hydrogens is 390 g/mol. The number of aromatic nitrogens is 1. The molecule has 30 heavy (non-hydrogen) atoms. The van der Waals surface area contributed by atoms with Gasteiger partial charge in [0.05, 0.1) is 11.7 Å². The Kier molecular flexibility index (Phi) is 5.16. The number of amidine groups is 1. The number of aromatic hydroxyl groups is 1. The Morgan fingerprint density at radius 2 is 1.67 bits per heavy atom. The first kappa shape index (κ1) is 21.2. The van der Waals surface area contributed by atoms with E-state index in [4.69, 9.17) is 4.99 Å². The summed E-state index contributed by atoms with van der Waals surface area (Å²) >= 11 is 1.85. The third kappa shape index (κ3) is 3.73. The first-order valence-corrected chi connectivity index (χ1v) is 11.6. The number of aliphatic imine (C=N–C) groups is 1. The molecular formula is C25H33N3OS. The van der Waals surface area contributed by atoms with Gasteiger partial charge in [0.2, 0.25) is 0 Å². The van der Waals surface area contributed by atoms with E-state index in [-0.39, 0.29) is 22.9 Å². The molecule has 0 bridgehead atoms. The molecule has 5 heteroatoms. The number of thioether (sulfide) groups is 1. The molecule has 1 N–H and O–H groups in total. The van der Waals surface area contributed by atoms with E-state index in [1.807, 2.05) is 30.1 Å². The molecule has 2 aromatic rings. The van der Waals surface area contributed by atoms with Gasteiger partial charge in [-0.15, -0.1) is 0 Å². The monoisotopic (exact) mass is 423 g/mol. The Bertz CT molecular complexity index is 937. The van der Waals surface area contributed by atoms with E-state index >= 15 is 0 Å². The lowest BCUT2D eigenvalue weighted by atomic mass is 9.77. The molecule has 2 aliphatic rings. The highest BCUT2D eigenvalue weighted by Gasteiger charge is 2.44. The largest absolute Gasteiger partial charge is 0.507 e. The Morgan fingerprint density at radius 3 is 2.20 bits per heavy atom. The Morgan fingerprint density at radius 1 is 1.03 bits per heavy atom. The summed E-state index contributed by atoms with van der Waals surface area (Å²) in [5, 5.41) is 12.8. The van der Waals surface area contributed by atoms with Gasteiger partial charge in [-0.25, -0.2) is 0 Å². The van der Waals surface area contributed by atoms with E-state index in [0.717, 1.165) is 28.5 Å². The Hall–Kier alpha value is -2.01. The number of fused-ring (bicyclic) bond motifs is 1. The van der Waals surface area contributed by atoms with Gasteiger partial charge in [-0.1, -0.05) is 66.3 Å². The number of hydrogen-bond acceptors (Lipinski definition) is 5. The zero-order valence-electron chi connectivity index (χ0n) is 19.1. The van der Waals surface area contributed by atoms with E-state index in [0.29, 0.717) is 11.0 Å². The third-order valence-corrected chi connectivity index (χ3v) is 7.07. The first-order chi connectivity index (χ1) is 14.0. The highest BCUT2D eigenvalue weighted by molar-refractivity contribution is 8.14. The zero-order valence-corrected chi connectivity index (χ0v) is 19.9. The van der Waals surface area contributed by atoms with E-state index in [2.05, 4.69) is 76.5 Å². The van der Waals surface area contributed by atoms with Gasteiger partial charge in [-0.3, -0.25) is 9.98 Å². The molecule has 0 radical (unpaired) electrons. The summed E-state index contributed by atoms with van der Waals surface area (Å²) in [6.07, 6.45) is 1.85. The minimum atomic E-state index is -0.157. The summed E-state index contributed by atoms with van der Waals surface area (Å²) in [5.74, 6) is 0.427. The van der Waals surface area contributed by atoms with Crippen LogP contribution in [0.2, 0.25) is 0 Å². The molecule has 0 spiro atoms. The van der Waals surface area contributed by atoms with Crippen LogP contribution >= 0.6 is 11.8 Å². The van der Waals surface area contributed by atoms with Crippen molar-refractivity contribution in [3.8, 4) is 5.75 Å². The third-order valence-electron chi connectivity index (χ3n) is 5.97. The molecule has 4 nitrogen and oxygen atoms in total. The maximum atomic E-state index is 11.2. The van der Waals surface area contributed by atoms with Gasteiger partial charge in [-0.2, -0.15) is 0 Å². The van der Waals surface area contributed by atoms with Crippen LogP contribution < -0.4 is 0 Å². The van der Waals surface area contributed by atoms with Crippen molar-refractivity contribution in [3.63, 3.8) is 0 Å². The first-order valence-electron chi connectivity index (χ1n) is 10.8. The van der Waals surface area contributed by atoms with E-state index in [1.54, 1.807) is 0 Å². The lowest BCUT2D eigenvalue weighted by Crippen LogP contribution is -2.29. The quantitative estimate of drug-likeness (QED) is 0.646. The predicted octanol–water partition coefficient (Wildman–Crippen LogP) is 5.97. The van der Waals surface area contributed by atoms with E-state index in [9.17, 15) is 5.11 Å². The van der Waals surface area contributed by atoms with E-state index < -0.39 is 0 Å². The van der Waals surface area contributed by atoms with Gasteiger partial charge >= 0.3 is 0 Å². The summed E-state index contributed by atoms with van der Waals surface area (Å²) in [6.45, 7) is 16.2. The van der Waals surface area contributed by atoms with Crippen molar-refractivity contribution in [1.82, 2.24) is 9.88 Å². The maximum Gasteiger partial charge on any atom is 0.160 e. The fourth-order valence-electron chi connectivity index (χ4n) is 4.45. The molecule has 2 aliphatic heterocycles. The van der Waals surface area contributed by atoms with Crippen LogP contribution in [0.5, 0.6) is 5.75 Å². The summed E-state index contributed by atoms with van der Waals surface area (Å²) in [7, 11) is 0. The van der Waals surface area contributed by atoms with Gasteiger partial charge < -0.3 is 10.0 Å². The van der Waals surface area contributed by atoms with Crippen LogP contribution in [-0.2, 0) is 10.8 Å². The van der Waals surface area contributed by atoms with Gasteiger partial charge in [0, 0.05) is 18.0 Å². The molecule has 3 heterocycles. The lowest BCUT2D eigenvalue weighted by molar-refractivity contribution is 0.319. The molecule has 0 unspecified atom stereocenters. The van der Waals surface area contributed by atoms with Gasteiger partial charge in [-0.05, 0) is 51.8 Å². The minimum Gasteiger partial charge on any atom is -0.507 e. The van der Waals surface area contributed by atoms with Crippen LogP contribution in [-0.4, -0.2) is 32.0 Å². The van der Waals surface area contributed by atoms with Crippen molar-refractivity contribution in [2.24, 2.45) is 4.99 Å². The molecule has 160 valence electrons. The van der Waals surface area contributed by atoms with Gasteiger partial charge in [0.1, 0.15) is 11.8 Å². The highest BCUT2D eigenvalue weighted by Crippen LogP contribution is 2.50. The van der Waals surface area contributed by atoms with Crippen LogP contribution in [0.1, 0.15) is 82.9 Å². The Labute approximate surface area is 184 Å². The number of phenolic OH excluding ortho intramolecular Hbond substituents is 1. The van der Waals surface area contributed by atoms with Crippen LogP contribution in [0.15, 0.2) is 41.5 Å². The standard InChI is InChI=1S/C25H33N3OS/c1-15-14-28-21(20(27-23(28)30-15)19-10-8-9-11-26-19)16-12-17(24(2,3)4)22(29)18(13-16)25(5,6)7/h8-13,15,20-21,29H,14H2,1-7H3/t15-,20+,21+/m1/s1. The van der Waals surface area contributed by atoms with Crippen LogP contribution in [0.25, 0.3) is 0 Å². The smallest absolute Gasteiger partial charge is 0.160 e. The molecule has 0 amide bonds. The van der Waals surface area contributed by atoms with Crippen molar-refractivity contribution in [3.05, 3.63) is 58.9 Å². The SMILES string of the molecule is C[C@@H]1CN2C(=N[C@@H](c3ccccn3)[C@@H]2c2cc(C(C)(C)C)c(O)c(C(C)(C)C)c2)S1. The minimum absolute atomic E-state index is 0.0358. The topological polar surface area (TPSA) is 48.7 Å². The maximum absolute atomic E-state index is 11.2. The fraction of sp³-hybridized carbons (Fsp3) is 0.520. The van der Waals surface area contributed by atoms with Crippen molar-refractivity contribution in [1.29, 1.82) is 0 Å². The summed E-state index contributed by atoms with van der Waals surface area (Å²) in [4.78, 5) is 12.2. The second-order valence-electron chi connectivity index (χ2n) is 10.6. The number of phenols is 1. The molecule has 1 fully saturated rings. The van der Waals surface area contributed by atoms with Gasteiger partial charge in [0.25, 0.3) is 0 Å². The summed E-state index contributed by atoms with van der Waals surface area (Å²) < 4.78 is 0. The van der Waals surface area contributed by atoms with E-state index in [1.165, 1.54) is 5.56 Å². The second-order valence-corrected chi connectivity index (χ2v) is 12.0. The summed E-state index contributed by atoms with van der Waals surface area (Å²) in [5.41, 5.74) is 3.90. The zero-order chi connectivity index (χ0) is 21.8. The van der Waals surface area contributed by atoms with Crippen molar-refractivity contribution in [2.75, 3.05) is 6.54 Å². The van der Waals surface area contributed by atoms with Crippen LogP contribution in [0, 0.1) is 0 Å². The van der Waals surface area contributed by atoms with Crippen LogP contribution in [0.3, 0.4) is 0 Å². The normalized spacial score (nSPS) is 24.2. The highest BCUT2D eigenvalue weighted by atomic mass is 32.2. The summed E-state index contributed by atoms with van der Waals surface area (Å²) in [6, 6.07) is 10.5. The number of nitrogens with zero attached hydrogens (tertiary/aromatic N) is 3. The second kappa shape index (κ2) is 7.30. The average molecular weight is 424 g/mol. The molecule has 0 saturated carbocycles.